The summed E-state index contributed by atoms with van der Waals surface area (Å²) in [5, 5.41) is 5.35. The highest BCUT2D eigenvalue weighted by Crippen LogP contribution is 2.20. The van der Waals surface area contributed by atoms with Crippen molar-refractivity contribution in [2.24, 2.45) is 0 Å². The first kappa shape index (κ1) is 19.7. The maximum absolute atomic E-state index is 12.9. The van der Waals surface area contributed by atoms with Gasteiger partial charge < -0.3 is 15.2 Å². The lowest BCUT2D eigenvalue weighted by Gasteiger charge is -2.13. The molecule has 28 heavy (non-hydrogen) atoms. The van der Waals surface area contributed by atoms with Crippen molar-refractivity contribution in [3.05, 3.63) is 41.8 Å². The minimum atomic E-state index is -4.37. The number of alkyl halides is 3. The van der Waals surface area contributed by atoms with E-state index >= 15 is 0 Å². The van der Waals surface area contributed by atoms with Crippen molar-refractivity contribution in [3.63, 3.8) is 0 Å². The van der Waals surface area contributed by atoms with E-state index in [-0.39, 0.29) is 23.0 Å². The Kier molecular flexibility index (Phi) is 5.53. The summed E-state index contributed by atoms with van der Waals surface area (Å²) in [6, 6.07) is -0.488. The lowest BCUT2D eigenvalue weighted by Crippen LogP contribution is -2.16. The van der Waals surface area contributed by atoms with E-state index in [4.69, 9.17) is 11.6 Å². The van der Waals surface area contributed by atoms with Gasteiger partial charge in [0.2, 0.25) is 17.2 Å². The second-order valence-electron chi connectivity index (χ2n) is 5.55. The van der Waals surface area contributed by atoms with Crippen LogP contribution < -0.4 is 10.6 Å². The van der Waals surface area contributed by atoms with E-state index < -0.39 is 24.6 Å². The zero-order valence-electron chi connectivity index (χ0n) is 14.1. The Morgan fingerprint density at radius 1 is 1.11 bits per heavy atom. The molecule has 0 amide bonds. The third-order valence-corrected chi connectivity index (χ3v) is 3.39. The molecule has 3 heterocycles. The molecule has 0 aliphatic heterocycles. The maximum atomic E-state index is 12.9. The Morgan fingerprint density at radius 3 is 2.46 bits per heavy atom. The topological polar surface area (TPSA) is 106 Å². The van der Waals surface area contributed by atoms with E-state index in [1.54, 1.807) is 6.92 Å². The van der Waals surface area contributed by atoms with Crippen molar-refractivity contribution >= 4 is 29.3 Å². The van der Waals surface area contributed by atoms with Gasteiger partial charge in [-0.25, -0.2) is 19.3 Å². The van der Waals surface area contributed by atoms with Crippen LogP contribution in [0.3, 0.4) is 0 Å². The number of hydrogen-bond donors (Lipinski definition) is 2. The molecule has 0 unspecified atom stereocenters. The van der Waals surface area contributed by atoms with Gasteiger partial charge in [0.1, 0.15) is 12.4 Å². The van der Waals surface area contributed by atoms with Crippen LogP contribution in [0.5, 0.6) is 0 Å². The average Bonchev–Trinajstić information content (AvgIpc) is 2.99. The van der Waals surface area contributed by atoms with E-state index in [1.165, 1.54) is 0 Å². The van der Waals surface area contributed by atoms with Crippen LogP contribution in [0.25, 0.3) is 0 Å². The third-order valence-electron chi connectivity index (χ3n) is 3.22. The van der Waals surface area contributed by atoms with Crippen molar-refractivity contribution < 1.29 is 17.6 Å². The molecule has 3 aromatic rings. The van der Waals surface area contributed by atoms with Crippen molar-refractivity contribution in [1.29, 1.82) is 0 Å². The number of rotatable bonds is 6. The molecule has 0 aliphatic rings. The van der Waals surface area contributed by atoms with Crippen LogP contribution in [0.2, 0.25) is 5.28 Å². The molecule has 3 rings (SSSR count). The number of aromatic nitrogens is 7. The first-order chi connectivity index (χ1) is 13.2. The smallest absolute Gasteiger partial charge is 0.344 e. The highest BCUT2D eigenvalue weighted by molar-refractivity contribution is 6.28. The zero-order valence-corrected chi connectivity index (χ0v) is 14.9. The summed E-state index contributed by atoms with van der Waals surface area (Å²) >= 11 is 5.86. The van der Waals surface area contributed by atoms with Gasteiger partial charge in [0, 0.05) is 6.20 Å². The minimum Gasteiger partial charge on any atom is -0.344 e. The largest absolute Gasteiger partial charge is 0.406 e. The zero-order chi connectivity index (χ0) is 20.3. The fourth-order valence-corrected chi connectivity index (χ4v) is 2.27. The Balaban J connectivity index is 1.72. The third kappa shape index (κ3) is 5.45. The highest BCUT2D eigenvalue weighted by atomic mass is 35.5. The Bertz CT molecular complexity index is 945. The van der Waals surface area contributed by atoms with Gasteiger partial charge >= 0.3 is 6.18 Å². The molecule has 0 aliphatic carbocycles. The summed E-state index contributed by atoms with van der Waals surface area (Å²) in [6.07, 6.45) is -0.167. The molecule has 9 nitrogen and oxygen atoms in total. The van der Waals surface area contributed by atoms with Crippen LogP contribution in [0.15, 0.2) is 24.9 Å². The monoisotopic (exact) mass is 417 g/mol. The van der Waals surface area contributed by atoms with Crippen LogP contribution in [0, 0.1) is 5.82 Å². The summed E-state index contributed by atoms with van der Waals surface area (Å²) in [5.74, 6) is -0.175. The molecule has 1 atom stereocenters. The number of anilines is 3. The number of halogens is 5. The fraction of sp³-hybridized carbons (Fsp3) is 0.286. The minimum absolute atomic E-state index is 0.0352. The number of nitrogens with zero attached hydrogens (tertiary/aromatic N) is 7. The maximum Gasteiger partial charge on any atom is 0.406 e. The van der Waals surface area contributed by atoms with Crippen LogP contribution in [0.1, 0.15) is 18.8 Å². The van der Waals surface area contributed by atoms with Crippen LogP contribution >= 0.6 is 11.6 Å². The molecule has 0 fully saturated rings. The lowest BCUT2D eigenvalue weighted by molar-refractivity contribution is -0.140. The predicted octanol–water partition coefficient (Wildman–Crippen LogP) is 3.13. The molecule has 0 aromatic carbocycles. The molecule has 0 spiro atoms. The molecule has 148 valence electrons. The van der Waals surface area contributed by atoms with Crippen molar-refractivity contribution in [1.82, 2.24) is 34.5 Å². The average molecular weight is 418 g/mol. The molecule has 14 heteroatoms. The lowest BCUT2D eigenvalue weighted by atomic mass is 10.3. The van der Waals surface area contributed by atoms with Gasteiger partial charge in [-0.2, -0.15) is 28.1 Å². The number of hydrogen-bond acceptors (Lipinski definition) is 8. The summed E-state index contributed by atoms with van der Waals surface area (Å²) < 4.78 is 51.0. The van der Waals surface area contributed by atoms with Gasteiger partial charge in [0.05, 0.1) is 24.8 Å². The van der Waals surface area contributed by atoms with Crippen molar-refractivity contribution in [2.75, 3.05) is 10.6 Å². The number of imidazole rings is 1. The van der Waals surface area contributed by atoms with Gasteiger partial charge in [-0.3, -0.25) is 0 Å². The Hall–Kier alpha value is -3.09. The second-order valence-corrected chi connectivity index (χ2v) is 5.89. The van der Waals surface area contributed by atoms with Crippen molar-refractivity contribution in [2.45, 2.75) is 25.7 Å². The van der Waals surface area contributed by atoms with E-state index in [0.29, 0.717) is 5.82 Å². The molecular formula is C14H12ClF4N9. The fourth-order valence-electron chi connectivity index (χ4n) is 2.11. The first-order valence-corrected chi connectivity index (χ1v) is 8.07. The van der Waals surface area contributed by atoms with Crippen LogP contribution in [-0.4, -0.2) is 40.6 Å². The molecule has 0 radical (unpaired) electrons. The van der Waals surface area contributed by atoms with Crippen molar-refractivity contribution in [3.8, 4) is 0 Å². The Morgan fingerprint density at radius 2 is 1.79 bits per heavy atom. The quantitative estimate of drug-likeness (QED) is 0.589. The highest BCUT2D eigenvalue weighted by Gasteiger charge is 2.27. The summed E-state index contributed by atoms with van der Waals surface area (Å²) in [6.45, 7) is 0.512. The molecule has 0 bridgehead atoms. The summed E-state index contributed by atoms with van der Waals surface area (Å²) in [7, 11) is 0. The van der Waals surface area contributed by atoms with Gasteiger partial charge in [-0.05, 0) is 18.5 Å². The van der Waals surface area contributed by atoms with Crippen LogP contribution in [-0.2, 0) is 6.54 Å². The normalized spacial score (nSPS) is 12.6. The standard InChI is InChI=1S/C14H12ClF4N9/c1-7(10-20-2-8(16)3-21-10)23-12-25-11(15)26-13(27-12)24-9-4-28(6-22-9)5-14(17,18)19/h2-4,6-7H,5H2,1H3,(H2,23,24,25,26,27)/t7-/m0/s1. The Labute approximate surface area is 160 Å². The summed E-state index contributed by atoms with van der Waals surface area (Å²) in [5.41, 5.74) is 0. The molecular weight excluding hydrogens is 406 g/mol. The van der Waals surface area contributed by atoms with Crippen LogP contribution in [0.4, 0.5) is 35.3 Å². The number of nitrogens with one attached hydrogen (secondary N) is 2. The SMILES string of the molecule is C[C@H](Nc1nc(Cl)nc(Nc2cn(CC(F)(F)F)cn2)n1)c1ncc(F)cn1. The van der Waals surface area contributed by atoms with Gasteiger partial charge in [0.15, 0.2) is 11.6 Å². The molecule has 0 saturated heterocycles. The molecule has 0 saturated carbocycles. The van der Waals surface area contributed by atoms with Gasteiger partial charge in [-0.15, -0.1) is 0 Å². The van der Waals surface area contributed by atoms with E-state index in [2.05, 4.69) is 40.5 Å². The van der Waals surface area contributed by atoms with Gasteiger partial charge in [-0.1, -0.05) is 0 Å². The van der Waals surface area contributed by atoms with E-state index in [9.17, 15) is 17.6 Å². The molecule has 3 aromatic heterocycles. The molecule has 2 N–H and O–H groups in total. The van der Waals surface area contributed by atoms with Gasteiger partial charge in [0.25, 0.3) is 0 Å². The second kappa shape index (κ2) is 7.88. The summed E-state index contributed by atoms with van der Waals surface area (Å²) in [4.78, 5) is 23.3. The first-order valence-electron chi connectivity index (χ1n) is 7.69. The van der Waals surface area contributed by atoms with E-state index in [0.717, 1.165) is 29.5 Å². The predicted molar refractivity (Wildman–Crippen MR) is 90.4 cm³/mol. The van der Waals surface area contributed by atoms with E-state index in [1.807, 2.05) is 0 Å².